The smallest absolute Gasteiger partial charge is 0.325 e. The third-order valence-corrected chi connectivity index (χ3v) is 5.80. The van der Waals surface area contributed by atoms with Gasteiger partial charge in [-0.15, -0.1) is 0 Å². The normalized spacial score (nSPS) is 32.9. The molecule has 0 aliphatic heterocycles. The zero-order valence-corrected chi connectivity index (χ0v) is 13.5. The van der Waals surface area contributed by atoms with Crippen LogP contribution < -0.4 is 5.32 Å². The average Bonchev–Trinajstić information content (AvgIpc) is 3.31. The minimum absolute atomic E-state index is 0.334. The number of rotatable bonds is 7. The molecule has 3 aliphatic carbocycles. The van der Waals surface area contributed by atoms with E-state index >= 15 is 0 Å². The highest BCUT2D eigenvalue weighted by molar-refractivity contribution is 5.80. The second-order valence-electron chi connectivity index (χ2n) is 7.80. The largest absolute Gasteiger partial charge is 0.480 e. The molecular weight excluding hydrogens is 264 g/mol. The fourth-order valence-corrected chi connectivity index (χ4v) is 3.97. The van der Waals surface area contributed by atoms with E-state index in [1.54, 1.807) is 0 Å². The molecule has 0 aromatic rings. The Labute approximate surface area is 128 Å². The Morgan fingerprint density at radius 3 is 2.24 bits per heavy atom. The molecule has 0 amide bonds. The summed E-state index contributed by atoms with van der Waals surface area (Å²) in [6.45, 7) is 3.00. The van der Waals surface area contributed by atoms with Gasteiger partial charge < -0.3 is 10.0 Å². The van der Waals surface area contributed by atoms with Crippen molar-refractivity contribution in [2.45, 2.75) is 75.9 Å². The van der Waals surface area contributed by atoms with Crippen LogP contribution in [-0.2, 0) is 4.79 Å². The molecule has 0 saturated heterocycles. The van der Waals surface area contributed by atoms with Crippen LogP contribution in [0.25, 0.3) is 0 Å². The minimum Gasteiger partial charge on any atom is -0.480 e. The lowest BCUT2D eigenvalue weighted by Gasteiger charge is -2.40. The molecule has 3 aliphatic rings. The van der Waals surface area contributed by atoms with Crippen LogP contribution in [0.5, 0.6) is 0 Å². The number of carbonyl (C=O) groups is 1. The number of aliphatic carboxylic acids is 1. The van der Waals surface area contributed by atoms with Crippen molar-refractivity contribution in [3.05, 3.63) is 0 Å². The molecule has 0 bridgehead atoms. The average molecular weight is 294 g/mol. The molecule has 120 valence electrons. The summed E-state index contributed by atoms with van der Waals surface area (Å²) in [7, 11) is 2.13. The van der Waals surface area contributed by atoms with Crippen LogP contribution in [0.1, 0.15) is 58.3 Å². The van der Waals surface area contributed by atoms with Gasteiger partial charge in [-0.2, -0.15) is 0 Å². The molecule has 3 fully saturated rings. The van der Waals surface area contributed by atoms with E-state index in [1.165, 1.54) is 25.7 Å². The van der Waals surface area contributed by atoms with Crippen molar-refractivity contribution in [1.29, 1.82) is 0 Å². The predicted molar refractivity (Wildman–Crippen MR) is 83.3 cm³/mol. The number of carboxylic acids is 1. The zero-order chi connectivity index (χ0) is 15.0. The van der Waals surface area contributed by atoms with E-state index in [0.717, 1.165) is 31.6 Å². The Balaban J connectivity index is 1.66. The van der Waals surface area contributed by atoms with Crippen LogP contribution in [0.15, 0.2) is 0 Å². The van der Waals surface area contributed by atoms with Gasteiger partial charge in [0.2, 0.25) is 0 Å². The molecule has 2 N–H and O–H groups in total. The van der Waals surface area contributed by atoms with Gasteiger partial charge in [0.25, 0.3) is 0 Å². The Hall–Kier alpha value is -0.610. The summed E-state index contributed by atoms with van der Waals surface area (Å²) in [5.41, 5.74) is -0.695. The molecule has 4 heteroatoms. The Bertz CT molecular complexity index is 384. The number of nitrogens with zero attached hydrogens (tertiary/aromatic N) is 1. The van der Waals surface area contributed by atoms with Gasteiger partial charge in [0.15, 0.2) is 0 Å². The lowest BCUT2D eigenvalue weighted by atomic mass is 9.85. The number of nitrogens with one attached hydrogen (secondary N) is 1. The first-order valence-corrected chi connectivity index (χ1v) is 8.72. The standard InChI is InChI=1S/C17H30N2O2/c1-12-3-9-15(10-4-12)19(2)11-17(16(20)21,13-5-6-13)18-14-7-8-14/h12-15,18H,3-11H2,1-2H3,(H,20,21). The Kier molecular flexibility index (Phi) is 4.28. The second-order valence-corrected chi connectivity index (χ2v) is 7.80. The van der Waals surface area contributed by atoms with E-state index in [9.17, 15) is 9.90 Å². The third kappa shape index (κ3) is 3.42. The van der Waals surface area contributed by atoms with E-state index in [1.807, 2.05) is 0 Å². The summed E-state index contributed by atoms with van der Waals surface area (Å²) < 4.78 is 0. The highest BCUT2D eigenvalue weighted by Gasteiger charge is 2.54. The van der Waals surface area contributed by atoms with E-state index in [2.05, 4.69) is 24.2 Å². The van der Waals surface area contributed by atoms with Gasteiger partial charge >= 0.3 is 5.97 Å². The van der Waals surface area contributed by atoms with E-state index in [4.69, 9.17) is 0 Å². The first kappa shape index (κ1) is 15.3. The van der Waals surface area contributed by atoms with Crippen molar-refractivity contribution in [3.8, 4) is 0 Å². The highest BCUT2D eigenvalue weighted by Crippen LogP contribution is 2.43. The lowest BCUT2D eigenvalue weighted by Crippen LogP contribution is -2.62. The van der Waals surface area contributed by atoms with E-state index < -0.39 is 11.5 Å². The summed E-state index contributed by atoms with van der Waals surface area (Å²) in [6, 6.07) is 1.01. The molecule has 0 heterocycles. The van der Waals surface area contributed by atoms with E-state index in [0.29, 0.717) is 24.5 Å². The van der Waals surface area contributed by atoms with Crippen molar-refractivity contribution in [2.24, 2.45) is 11.8 Å². The number of likely N-dealkylation sites (N-methyl/N-ethyl adjacent to an activating group) is 1. The van der Waals surface area contributed by atoms with Crippen LogP contribution >= 0.6 is 0 Å². The number of carboxylic acid groups (broad SMARTS) is 1. The maximum atomic E-state index is 12.0. The maximum Gasteiger partial charge on any atom is 0.325 e. The fourth-order valence-electron chi connectivity index (χ4n) is 3.97. The topological polar surface area (TPSA) is 52.6 Å². The van der Waals surface area contributed by atoms with Crippen molar-refractivity contribution in [1.82, 2.24) is 10.2 Å². The molecule has 3 rings (SSSR count). The molecule has 0 spiro atoms. The van der Waals surface area contributed by atoms with Crippen LogP contribution in [0.2, 0.25) is 0 Å². The highest BCUT2D eigenvalue weighted by atomic mass is 16.4. The first-order valence-electron chi connectivity index (χ1n) is 8.72. The molecule has 0 radical (unpaired) electrons. The summed E-state index contributed by atoms with van der Waals surface area (Å²) in [5.74, 6) is 0.542. The molecular formula is C17H30N2O2. The van der Waals surface area contributed by atoms with Crippen molar-refractivity contribution in [2.75, 3.05) is 13.6 Å². The van der Waals surface area contributed by atoms with Crippen LogP contribution in [0.4, 0.5) is 0 Å². The second kappa shape index (κ2) is 5.88. The minimum atomic E-state index is -0.695. The quantitative estimate of drug-likeness (QED) is 0.757. The van der Waals surface area contributed by atoms with E-state index in [-0.39, 0.29) is 0 Å². The van der Waals surface area contributed by atoms with Gasteiger partial charge in [-0.05, 0) is 70.3 Å². The Morgan fingerprint density at radius 2 is 1.76 bits per heavy atom. The number of hydrogen-bond donors (Lipinski definition) is 2. The van der Waals surface area contributed by atoms with Crippen molar-refractivity contribution in [3.63, 3.8) is 0 Å². The van der Waals surface area contributed by atoms with Gasteiger partial charge in [0, 0.05) is 18.6 Å². The summed E-state index contributed by atoms with van der Waals surface area (Å²) in [4.78, 5) is 14.4. The molecule has 0 aromatic heterocycles. The summed E-state index contributed by atoms with van der Waals surface area (Å²) in [5, 5.41) is 13.4. The molecule has 1 atom stereocenters. The zero-order valence-electron chi connectivity index (χ0n) is 13.5. The summed E-state index contributed by atoms with van der Waals surface area (Å²) in [6.07, 6.45) is 9.45. The molecule has 0 aromatic carbocycles. The maximum absolute atomic E-state index is 12.0. The number of hydrogen-bond acceptors (Lipinski definition) is 3. The fraction of sp³-hybridized carbons (Fsp3) is 0.941. The van der Waals surface area contributed by atoms with Gasteiger partial charge in [-0.25, -0.2) is 0 Å². The van der Waals surface area contributed by atoms with Gasteiger partial charge in [-0.3, -0.25) is 10.1 Å². The van der Waals surface area contributed by atoms with Gasteiger partial charge in [-0.1, -0.05) is 6.92 Å². The van der Waals surface area contributed by atoms with Crippen LogP contribution in [0.3, 0.4) is 0 Å². The third-order valence-electron chi connectivity index (χ3n) is 5.80. The predicted octanol–water partition coefficient (Wildman–Crippen LogP) is 2.48. The van der Waals surface area contributed by atoms with Crippen LogP contribution in [-0.4, -0.2) is 47.2 Å². The lowest BCUT2D eigenvalue weighted by molar-refractivity contribution is -0.147. The Morgan fingerprint density at radius 1 is 1.14 bits per heavy atom. The first-order chi connectivity index (χ1) is 10.0. The molecule has 3 saturated carbocycles. The molecule has 21 heavy (non-hydrogen) atoms. The molecule has 4 nitrogen and oxygen atoms in total. The van der Waals surface area contributed by atoms with Gasteiger partial charge in [0.1, 0.15) is 5.54 Å². The molecule has 1 unspecified atom stereocenters. The summed E-state index contributed by atoms with van der Waals surface area (Å²) >= 11 is 0. The van der Waals surface area contributed by atoms with Crippen molar-refractivity contribution >= 4 is 5.97 Å². The van der Waals surface area contributed by atoms with Gasteiger partial charge in [0.05, 0.1) is 0 Å². The monoisotopic (exact) mass is 294 g/mol. The van der Waals surface area contributed by atoms with Crippen LogP contribution in [0, 0.1) is 11.8 Å². The SMILES string of the molecule is CC1CCC(N(C)CC(NC2CC2)(C(=O)O)C2CC2)CC1. The van der Waals surface area contributed by atoms with Crippen molar-refractivity contribution < 1.29 is 9.90 Å².